The second-order valence-electron chi connectivity index (χ2n) is 15.5. The zero-order chi connectivity index (χ0) is 43.5. The molecule has 0 bridgehead atoms. The van der Waals surface area contributed by atoms with Crippen molar-refractivity contribution < 1.29 is 0 Å². The summed E-state index contributed by atoms with van der Waals surface area (Å²) in [6.45, 7) is 0. The fourth-order valence-electron chi connectivity index (χ4n) is 9.12. The smallest absolute Gasteiger partial charge is 0.115 e. The summed E-state index contributed by atoms with van der Waals surface area (Å²) in [4.78, 5) is 0. The van der Waals surface area contributed by atoms with E-state index in [-0.39, 0.29) is 60.1 Å². The van der Waals surface area contributed by atoms with Crippen LogP contribution in [0.25, 0.3) is 88.4 Å². The van der Waals surface area contributed by atoms with Gasteiger partial charge >= 0.3 is 0 Å². The number of hydrogen-bond donors (Lipinski definition) is 0. The van der Waals surface area contributed by atoms with E-state index in [1.807, 2.05) is 126 Å². The Kier molecular flexibility index (Phi) is 9.67. The van der Waals surface area contributed by atoms with Crippen molar-refractivity contribution in [3.8, 4) is 44.8 Å². The molecule has 0 amide bonds. The molecule has 0 aliphatic heterocycles. The van der Waals surface area contributed by atoms with Gasteiger partial charge in [0, 0.05) is 38.6 Å². The van der Waals surface area contributed by atoms with E-state index in [0.717, 1.165) is 44.3 Å². The molecule has 62 heavy (non-hydrogen) atoms. The summed E-state index contributed by atoms with van der Waals surface area (Å²) in [6, 6.07) is 39.9. The minimum Gasteiger partial charge on any atom is -0.311 e. The fourth-order valence-corrected chi connectivity index (χ4v) is 9.12. The van der Waals surface area contributed by atoms with Crippen LogP contribution in [0.1, 0.15) is 0 Å². The lowest BCUT2D eigenvalue weighted by Crippen LogP contribution is -2.55. The molecule has 2 heterocycles. The van der Waals surface area contributed by atoms with Crippen LogP contribution in [-0.2, 0) is 0 Å². The van der Waals surface area contributed by atoms with Gasteiger partial charge < -0.3 is 9.13 Å². The van der Waals surface area contributed by atoms with Gasteiger partial charge in [0.05, 0.1) is 11.0 Å². The minimum absolute atomic E-state index is 0.126. The molecule has 10 aromatic rings. The number of hydrogen-bond acceptors (Lipinski definition) is 0. The highest BCUT2D eigenvalue weighted by molar-refractivity contribution is 6.70. The second-order valence-corrected chi connectivity index (χ2v) is 15.5. The Labute approximate surface area is 376 Å². The number of para-hydroxylation sites is 1. The molecule has 2 nitrogen and oxygen atoms in total. The molecule has 0 atom stereocenters. The molecular weight excluding hydrogens is 734 g/mol. The van der Waals surface area contributed by atoms with E-state index >= 15 is 0 Å². The monoisotopic (exact) mass is 756 g/mol. The van der Waals surface area contributed by atoms with Gasteiger partial charge in [0.25, 0.3) is 0 Å². The first-order chi connectivity index (χ1) is 29.8. The molecule has 0 fully saturated rings. The minimum atomic E-state index is 0.126. The molecule has 0 spiro atoms. The van der Waals surface area contributed by atoms with Crippen molar-refractivity contribution in [2.75, 3.05) is 0 Å². The third-order valence-electron chi connectivity index (χ3n) is 12.2. The Morgan fingerprint density at radius 2 is 0.774 bits per heavy atom. The maximum atomic E-state index is 7.35. The highest BCUT2D eigenvalue weighted by Gasteiger charge is 2.26. The molecule has 24 radical (unpaired) electrons. The van der Waals surface area contributed by atoms with Crippen LogP contribution in [0.2, 0.25) is 0 Å². The van der Waals surface area contributed by atoms with Gasteiger partial charge in [-0.15, -0.1) is 27.3 Å². The Morgan fingerprint density at radius 3 is 1.42 bits per heavy atom. The highest BCUT2D eigenvalue weighted by atomic mass is 15.0. The van der Waals surface area contributed by atoms with Crippen LogP contribution in [-0.4, -0.2) is 103 Å². The topological polar surface area (TPSA) is 9.86 Å². The first kappa shape index (κ1) is 40.2. The van der Waals surface area contributed by atoms with E-state index < -0.39 is 0 Å². The van der Waals surface area contributed by atoms with E-state index in [2.05, 4.69) is 4.57 Å². The van der Waals surface area contributed by atoms with Gasteiger partial charge in [0.2, 0.25) is 0 Å². The van der Waals surface area contributed by atoms with Crippen molar-refractivity contribution >= 4 is 203 Å². The van der Waals surface area contributed by atoms with Gasteiger partial charge in [-0.25, -0.2) is 0 Å². The molecule has 0 unspecified atom stereocenters. The number of fused-ring (bicyclic) bond motifs is 6. The molecule has 8 aromatic carbocycles. The van der Waals surface area contributed by atoms with Gasteiger partial charge in [0.1, 0.15) is 94.2 Å². The zero-order valence-corrected chi connectivity index (χ0v) is 33.4. The number of benzene rings is 8. The highest BCUT2D eigenvalue weighted by Crippen LogP contribution is 2.40. The van der Waals surface area contributed by atoms with Crippen molar-refractivity contribution in [2.45, 2.75) is 0 Å². The maximum absolute atomic E-state index is 7.35. The summed E-state index contributed by atoms with van der Waals surface area (Å²) in [6.07, 6.45) is 0. The van der Waals surface area contributed by atoms with Crippen LogP contribution in [0.15, 0.2) is 121 Å². The first-order valence-corrected chi connectivity index (χ1v) is 19.7. The zero-order valence-electron chi connectivity index (χ0n) is 33.4. The molecule has 258 valence electrons. The molecule has 2 aromatic heterocycles. The second kappa shape index (κ2) is 14.9. The summed E-state index contributed by atoms with van der Waals surface area (Å²) in [7, 11) is 80.9. The molecule has 0 aliphatic rings. The van der Waals surface area contributed by atoms with Gasteiger partial charge in [-0.3, -0.25) is 0 Å². The van der Waals surface area contributed by atoms with Gasteiger partial charge in [0.15, 0.2) is 0 Å². The summed E-state index contributed by atoms with van der Waals surface area (Å²) < 4.78 is 4.06. The van der Waals surface area contributed by atoms with Crippen LogP contribution in [0.4, 0.5) is 0 Å². The van der Waals surface area contributed by atoms with Gasteiger partial charge in [-0.05, 0) is 81.2 Å². The predicted molar refractivity (Wildman–Crippen MR) is 276 cm³/mol. The van der Waals surface area contributed by atoms with Crippen molar-refractivity contribution in [2.24, 2.45) is 0 Å². The lowest BCUT2D eigenvalue weighted by molar-refractivity contribution is 1.18. The summed E-state index contributed by atoms with van der Waals surface area (Å²) in [5.41, 5.74) is 11.2. The van der Waals surface area contributed by atoms with Crippen LogP contribution >= 0.6 is 0 Å². The summed E-state index contributed by atoms with van der Waals surface area (Å²) >= 11 is 0. The third-order valence-corrected chi connectivity index (χ3v) is 12.2. The lowest BCUT2D eigenvalue weighted by Gasteiger charge is -2.22. The third kappa shape index (κ3) is 5.74. The van der Waals surface area contributed by atoms with E-state index in [0.29, 0.717) is 49.5 Å². The Hall–Kier alpha value is -5.86. The van der Waals surface area contributed by atoms with Crippen molar-refractivity contribution in [3.63, 3.8) is 0 Å². The predicted octanol–water partition coefficient (Wildman–Crippen LogP) is -1.59. The van der Waals surface area contributed by atoms with Crippen LogP contribution < -0.4 is 65.6 Å². The quantitative estimate of drug-likeness (QED) is 0.188. The summed E-state index contributed by atoms with van der Waals surface area (Å²) in [5.74, 6) is 0. The van der Waals surface area contributed by atoms with Crippen molar-refractivity contribution in [1.82, 2.24) is 9.13 Å². The molecule has 0 saturated carbocycles. The van der Waals surface area contributed by atoms with Crippen molar-refractivity contribution in [1.29, 1.82) is 0 Å². The molecule has 0 N–H and O–H groups in total. The summed E-state index contributed by atoms with van der Waals surface area (Å²) in [5, 5.41) is 2.65. The van der Waals surface area contributed by atoms with Crippen LogP contribution in [0, 0.1) is 0 Å². The van der Waals surface area contributed by atoms with Crippen LogP contribution in [0.3, 0.4) is 0 Å². The fraction of sp³-hybridized carbons (Fsp3) is 0. The average Bonchev–Trinajstić information content (AvgIpc) is 3.83. The molecule has 14 heteroatoms. The first-order valence-electron chi connectivity index (χ1n) is 19.7. The van der Waals surface area contributed by atoms with Crippen LogP contribution in [0.5, 0.6) is 0 Å². The molecule has 10 rings (SSSR count). The molecule has 0 saturated heterocycles. The number of aromatic nitrogens is 2. The number of nitrogens with zero attached hydrogens (tertiary/aromatic N) is 2. The largest absolute Gasteiger partial charge is 0.311 e. The van der Waals surface area contributed by atoms with E-state index in [1.54, 1.807) is 0 Å². The van der Waals surface area contributed by atoms with Crippen molar-refractivity contribution in [3.05, 3.63) is 121 Å². The van der Waals surface area contributed by atoms with E-state index in [4.69, 9.17) is 94.2 Å². The Morgan fingerprint density at radius 1 is 0.290 bits per heavy atom. The normalized spacial score (nSPS) is 11.7. The lowest BCUT2D eigenvalue weighted by atomic mass is 9.59. The van der Waals surface area contributed by atoms with E-state index in [9.17, 15) is 0 Å². The standard InChI is InChI=1S/C48H20B12N2/c49-35-30(36(50)45(59)47-33(35)34-39(53)42(56)44(58)46(60)48(34)62(47)25-17-14-22(15-18-25)21-8-3-1-4-9-21)23-16-19-28-27(20-23)31-26(32-37(51)40(54)43(57)41(55)38(32)52)12-7-13-29(31)61(28)24-10-5-2-6-11-24/h1-20H. The molecular formula is C48H20B12N2. The molecule has 0 aliphatic carbocycles. The SMILES string of the molecule is [B]c1c([B])c([B])c(-c2cccc3c2c2cc(-c4c([B])c([B])c5c(c4[B])c4c([B])c([B])c([B])c([B])c4n5-c4ccc(-c5ccccc5)cc4)ccc2n3-c2ccccc2)c([B])c1[B]. The Bertz CT molecular complexity index is 3490. The van der Waals surface area contributed by atoms with Gasteiger partial charge in [-0.1, -0.05) is 117 Å². The van der Waals surface area contributed by atoms with E-state index in [1.165, 1.54) is 0 Å². The average molecular weight is 754 g/mol. The van der Waals surface area contributed by atoms with Gasteiger partial charge in [-0.2, -0.15) is 0 Å². The number of rotatable bonds is 5. The maximum Gasteiger partial charge on any atom is 0.115 e. The Balaban J connectivity index is 1.30.